The maximum Gasteiger partial charge on any atom is 0.338 e. The number of hydrogen-bond donors (Lipinski definition) is 1. The first kappa shape index (κ1) is 15.8. The van der Waals surface area contributed by atoms with E-state index in [1.807, 2.05) is 12.1 Å². The molecule has 0 aliphatic rings. The Hall–Kier alpha value is -2.28. The van der Waals surface area contributed by atoms with E-state index in [9.17, 15) is 9.59 Å². The molecular formula is C16H19NO3. The predicted molar refractivity (Wildman–Crippen MR) is 77.1 cm³/mol. The van der Waals surface area contributed by atoms with Gasteiger partial charge in [-0.25, -0.2) is 4.79 Å². The van der Waals surface area contributed by atoms with Crippen molar-refractivity contribution in [2.75, 3.05) is 13.2 Å². The zero-order chi connectivity index (χ0) is 15.0. The topological polar surface area (TPSA) is 55.4 Å². The molecule has 0 aliphatic heterocycles. The lowest BCUT2D eigenvalue weighted by Gasteiger charge is -2.07. The molecule has 0 aliphatic carbocycles. The fraction of sp³-hybridized carbons (Fsp3) is 0.375. The molecule has 0 bridgehead atoms. The molecule has 106 valence electrons. The van der Waals surface area contributed by atoms with Crippen molar-refractivity contribution in [3.63, 3.8) is 0 Å². The van der Waals surface area contributed by atoms with E-state index in [0.717, 1.165) is 6.42 Å². The largest absolute Gasteiger partial charge is 0.452 e. The Bertz CT molecular complexity index is 497. The highest BCUT2D eigenvalue weighted by atomic mass is 16.5. The lowest BCUT2D eigenvalue weighted by Crippen LogP contribution is -2.28. The molecule has 0 aromatic heterocycles. The van der Waals surface area contributed by atoms with Crippen LogP contribution in [0.2, 0.25) is 0 Å². The van der Waals surface area contributed by atoms with Crippen LogP contribution in [0.5, 0.6) is 0 Å². The van der Waals surface area contributed by atoms with Crippen molar-refractivity contribution in [3.8, 4) is 12.3 Å². The van der Waals surface area contributed by atoms with E-state index < -0.39 is 11.9 Å². The highest BCUT2D eigenvalue weighted by Gasteiger charge is 2.09. The minimum Gasteiger partial charge on any atom is -0.452 e. The van der Waals surface area contributed by atoms with Gasteiger partial charge in [-0.2, -0.15) is 0 Å². The van der Waals surface area contributed by atoms with Crippen molar-refractivity contribution in [3.05, 3.63) is 35.4 Å². The lowest BCUT2D eigenvalue weighted by molar-refractivity contribution is -0.123. The van der Waals surface area contributed by atoms with Crippen LogP contribution in [0, 0.1) is 18.3 Å². The maximum atomic E-state index is 11.7. The third-order valence-electron chi connectivity index (χ3n) is 2.56. The molecule has 1 aromatic carbocycles. The molecule has 0 heterocycles. The molecule has 20 heavy (non-hydrogen) atoms. The van der Waals surface area contributed by atoms with Crippen molar-refractivity contribution < 1.29 is 14.3 Å². The van der Waals surface area contributed by atoms with E-state index in [4.69, 9.17) is 11.2 Å². The summed E-state index contributed by atoms with van der Waals surface area (Å²) in [5, 5.41) is 2.42. The zero-order valence-electron chi connectivity index (χ0n) is 11.8. The quantitative estimate of drug-likeness (QED) is 0.635. The lowest BCUT2D eigenvalue weighted by atomic mass is 10.0. The predicted octanol–water partition coefficient (Wildman–Crippen LogP) is 1.79. The van der Waals surface area contributed by atoms with Gasteiger partial charge in [0.25, 0.3) is 5.91 Å². The third kappa shape index (κ3) is 5.57. The molecule has 1 amide bonds. The summed E-state index contributed by atoms with van der Waals surface area (Å²) in [6.07, 6.45) is 5.96. The van der Waals surface area contributed by atoms with Gasteiger partial charge < -0.3 is 10.1 Å². The SMILES string of the molecule is C#CCNC(=O)COC(=O)c1ccc(CC(C)C)cc1. The van der Waals surface area contributed by atoms with E-state index in [1.54, 1.807) is 12.1 Å². The summed E-state index contributed by atoms with van der Waals surface area (Å²) in [6, 6.07) is 7.21. The number of benzene rings is 1. The molecule has 1 aromatic rings. The van der Waals surface area contributed by atoms with Gasteiger partial charge in [-0.1, -0.05) is 31.9 Å². The average Bonchev–Trinajstić information content (AvgIpc) is 2.42. The van der Waals surface area contributed by atoms with Crippen LogP contribution in [0.3, 0.4) is 0 Å². The standard InChI is InChI=1S/C16H19NO3/c1-4-9-17-15(18)11-20-16(19)14-7-5-13(6-8-14)10-12(2)3/h1,5-8,12H,9-11H2,2-3H3,(H,17,18). The summed E-state index contributed by atoms with van der Waals surface area (Å²) in [7, 11) is 0. The number of carbonyl (C=O) groups excluding carboxylic acids is 2. The molecule has 1 N–H and O–H groups in total. The highest BCUT2D eigenvalue weighted by molar-refractivity contribution is 5.91. The molecule has 0 fully saturated rings. The van der Waals surface area contributed by atoms with Gasteiger partial charge in [-0.15, -0.1) is 6.42 Å². The molecule has 4 heteroatoms. The van der Waals surface area contributed by atoms with Gasteiger partial charge in [0.1, 0.15) is 0 Å². The number of rotatable bonds is 6. The number of nitrogens with one attached hydrogen (secondary N) is 1. The van der Waals surface area contributed by atoms with Crippen LogP contribution >= 0.6 is 0 Å². The summed E-state index contributed by atoms with van der Waals surface area (Å²) >= 11 is 0. The first-order valence-electron chi connectivity index (χ1n) is 6.49. The zero-order valence-corrected chi connectivity index (χ0v) is 11.8. The summed E-state index contributed by atoms with van der Waals surface area (Å²) in [5.74, 6) is 1.90. The fourth-order valence-electron chi connectivity index (χ4n) is 1.66. The van der Waals surface area contributed by atoms with Gasteiger partial charge in [0, 0.05) is 0 Å². The van der Waals surface area contributed by atoms with Crippen molar-refractivity contribution in [1.29, 1.82) is 0 Å². The third-order valence-corrected chi connectivity index (χ3v) is 2.56. The summed E-state index contributed by atoms with van der Waals surface area (Å²) in [4.78, 5) is 22.9. The first-order valence-corrected chi connectivity index (χ1v) is 6.49. The number of carbonyl (C=O) groups is 2. The van der Waals surface area contributed by atoms with Crippen LogP contribution in [0.25, 0.3) is 0 Å². The number of hydrogen-bond acceptors (Lipinski definition) is 3. The van der Waals surface area contributed by atoms with Gasteiger partial charge in [-0.3, -0.25) is 4.79 Å². The maximum absolute atomic E-state index is 11.7. The van der Waals surface area contributed by atoms with Gasteiger partial charge in [0.15, 0.2) is 6.61 Å². The van der Waals surface area contributed by atoms with Crippen molar-refractivity contribution in [2.45, 2.75) is 20.3 Å². The second-order valence-corrected chi connectivity index (χ2v) is 4.85. The van der Waals surface area contributed by atoms with Crippen molar-refractivity contribution >= 4 is 11.9 Å². The van der Waals surface area contributed by atoms with Crippen molar-refractivity contribution in [1.82, 2.24) is 5.32 Å². The monoisotopic (exact) mass is 273 g/mol. The molecule has 0 atom stereocenters. The van der Waals surface area contributed by atoms with Gasteiger partial charge in [-0.05, 0) is 30.0 Å². The van der Waals surface area contributed by atoms with Crippen LogP contribution in [-0.4, -0.2) is 25.0 Å². The van der Waals surface area contributed by atoms with E-state index in [1.165, 1.54) is 5.56 Å². The minimum atomic E-state index is -0.517. The molecule has 0 saturated carbocycles. The van der Waals surface area contributed by atoms with Crippen molar-refractivity contribution in [2.24, 2.45) is 5.92 Å². The number of esters is 1. The number of ether oxygens (including phenoxy) is 1. The summed E-state index contributed by atoms with van der Waals surface area (Å²) in [5.41, 5.74) is 1.60. The van der Waals surface area contributed by atoms with E-state index in [0.29, 0.717) is 11.5 Å². The Morgan fingerprint density at radius 1 is 1.30 bits per heavy atom. The minimum absolute atomic E-state index is 0.125. The molecule has 0 saturated heterocycles. The van der Waals surface area contributed by atoms with Crippen LogP contribution in [0.15, 0.2) is 24.3 Å². The number of amides is 1. The van der Waals surface area contributed by atoms with Gasteiger partial charge >= 0.3 is 5.97 Å². The Kier molecular flexibility index (Phi) is 6.31. The van der Waals surface area contributed by atoms with E-state index in [2.05, 4.69) is 25.1 Å². The fourth-order valence-corrected chi connectivity index (χ4v) is 1.66. The van der Waals surface area contributed by atoms with Crippen LogP contribution in [0.4, 0.5) is 0 Å². The average molecular weight is 273 g/mol. The molecule has 0 unspecified atom stereocenters. The van der Waals surface area contributed by atoms with Crippen LogP contribution in [0.1, 0.15) is 29.8 Å². The summed E-state index contributed by atoms with van der Waals surface area (Å²) < 4.78 is 4.89. The molecule has 4 nitrogen and oxygen atoms in total. The Morgan fingerprint density at radius 3 is 2.50 bits per heavy atom. The summed E-state index contributed by atoms with van der Waals surface area (Å²) in [6.45, 7) is 4.07. The second kappa shape index (κ2) is 8.00. The molecule has 1 rings (SSSR count). The Balaban J connectivity index is 2.47. The second-order valence-electron chi connectivity index (χ2n) is 4.85. The van der Waals surface area contributed by atoms with Gasteiger partial charge in [0.05, 0.1) is 12.1 Å². The molecule has 0 spiro atoms. The first-order chi connectivity index (χ1) is 9.52. The molecular weight excluding hydrogens is 254 g/mol. The van der Waals surface area contributed by atoms with E-state index >= 15 is 0 Å². The highest BCUT2D eigenvalue weighted by Crippen LogP contribution is 2.10. The number of terminal acetylenes is 1. The normalized spacial score (nSPS) is 9.90. The Labute approximate surface area is 119 Å². The van der Waals surface area contributed by atoms with Crippen LogP contribution < -0.4 is 5.32 Å². The van der Waals surface area contributed by atoms with E-state index in [-0.39, 0.29) is 13.2 Å². The Morgan fingerprint density at radius 2 is 1.95 bits per heavy atom. The molecule has 0 radical (unpaired) electrons. The smallest absolute Gasteiger partial charge is 0.338 e. The van der Waals surface area contributed by atoms with Gasteiger partial charge in [0.2, 0.25) is 0 Å². The van der Waals surface area contributed by atoms with Crippen LogP contribution in [-0.2, 0) is 16.0 Å².